The molecular formula is C20H19N3O2S2. The van der Waals surface area contributed by atoms with Crippen molar-refractivity contribution < 1.29 is 9.59 Å². The zero-order valence-corrected chi connectivity index (χ0v) is 16.5. The van der Waals surface area contributed by atoms with E-state index < -0.39 is 0 Å². The number of hydrogen-bond donors (Lipinski definition) is 1. The number of hydrogen-bond acceptors (Lipinski definition) is 5. The van der Waals surface area contributed by atoms with Crippen LogP contribution < -0.4 is 10.2 Å². The van der Waals surface area contributed by atoms with Crippen LogP contribution in [-0.2, 0) is 9.59 Å². The second-order valence-electron chi connectivity index (χ2n) is 6.46. The van der Waals surface area contributed by atoms with Crippen LogP contribution in [0.3, 0.4) is 0 Å². The molecule has 1 atom stereocenters. The maximum Gasteiger partial charge on any atom is 0.240 e. The van der Waals surface area contributed by atoms with Crippen LogP contribution in [0.5, 0.6) is 0 Å². The molecule has 0 radical (unpaired) electrons. The van der Waals surface area contributed by atoms with Gasteiger partial charge in [0, 0.05) is 17.4 Å². The van der Waals surface area contributed by atoms with Crippen molar-refractivity contribution in [3.8, 4) is 0 Å². The highest BCUT2D eigenvalue weighted by atomic mass is 32.2. The largest absolute Gasteiger partial charge is 0.354 e. The summed E-state index contributed by atoms with van der Waals surface area (Å²) in [5.74, 6) is 0.296. The summed E-state index contributed by atoms with van der Waals surface area (Å²) in [7, 11) is 0. The van der Waals surface area contributed by atoms with Gasteiger partial charge in [-0.3, -0.25) is 9.59 Å². The van der Waals surface area contributed by atoms with Gasteiger partial charge in [-0.25, -0.2) is 4.98 Å². The maximum absolute atomic E-state index is 12.4. The second-order valence-corrected chi connectivity index (χ2v) is 8.54. The standard InChI is InChI=1S/C20H19N3O2S2/c1-13(20-22-14-6-2-4-8-16(14)27-20)10-21-18(24)11-23-15-7-3-5-9-17(15)26-12-19(23)25/h2-9,13H,10-12H2,1H3,(H,21,24). The van der Waals surface area contributed by atoms with Crippen LogP contribution in [0.1, 0.15) is 17.8 Å². The third-order valence-electron chi connectivity index (χ3n) is 4.45. The molecular weight excluding hydrogens is 378 g/mol. The number of aromatic nitrogens is 1. The minimum atomic E-state index is -0.155. The lowest BCUT2D eigenvalue weighted by molar-refractivity contribution is -0.123. The van der Waals surface area contributed by atoms with Gasteiger partial charge in [-0.05, 0) is 24.3 Å². The van der Waals surface area contributed by atoms with Gasteiger partial charge in [-0.2, -0.15) is 0 Å². The topological polar surface area (TPSA) is 62.3 Å². The Labute approximate surface area is 165 Å². The number of carbonyl (C=O) groups excluding carboxylic acids is 2. The summed E-state index contributed by atoms with van der Waals surface area (Å²) < 4.78 is 1.15. The number of amides is 2. The Bertz CT molecular complexity index is 969. The van der Waals surface area contributed by atoms with E-state index in [0.717, 1.165) is 25.8 Å². The molecule has 0 aliphatic carbocycles. The van der Waals surface area contributed by atoms with Gasteiger partial charge in [0.25, 0.3) is 0 Å². The molecule has 0 fully saturated rings. The van der Waals surface area contributed by atoms with Crippen LogP contribution in [0, 0.1) is 0 Å². The first kappa shape index (κ1) is 18.0. The Morgan fingerprint density at radius 1 is 1.22 bits per heavy atom. The summed E-state index contributed by atoms with van der Waals surface area (Å²) in [6, 6.07) is 15.7. The number of thioether (sulfide) groups is 1. The summed E-state index contributed by atoms with van der Waals surface area (Å²) >= 11 is 3.17. The van der Waals surface area contributed by atoms with Crippen LogP contribution >= 0.6 is 23.1 Å². The number of carbonyl (C=O) groups is 2. The molecule has 2 aromatic carbocycles. The normalized spacial score (nSPS) is 14.9. The Balaban J connectivity index is 1.39. The zero-order valence-electron chi connectivity index (χ0n) is 14.8. The summed E-state index contributed by atoms with van der Waals surface area (Å²) in [5.41, 5.74) is 1.80. The van der Waals surface area contributed by atoms with Crippen molar-refractivity contribution in [1.29, 1.82) is 0 Å². The molecule has 0 spiro atoms. The number of para-hydroxylation sites is 2. The van der Waals surface area contributed by atoms with Crippen molar-refractivity contribution in [3.05, 3.63) is 53.5 Å². The molecule has 4 rings (SSSR count). The van der Waals surface area contributed by atoms with E-state index in [1.165, 1.54) is 11.8 Å². The maximum atomic E-state index is 12.4. The minimum Gasteiger partial charge on any atom is -0.354 e. The molecule has 2 amide bonds. The Morgan fingerprint density at radius 3 is 2.85 bits per heavy atom. The van der Waals surface area contributed by atoms with Gasteiger partial charge in [-0.1, -0.05) is 31.2 Å². The Morgan fingerprint density at radius 2 is 2.00 bits per heavy atom. The highest BCUT2D eigenvalue weighted by molar-refractivity contribution is 8.00. The van der Waals surface area contributed by atoms with E-state index in [4.69, 9.17) is 0 Å². The second kappa shape index (κ2) is 7.70. The van der Waals surface area contributed by atoms with Crippen LogP contribution in [0.2, 0.25) is 0 Å². The molecule has 2 heterocycles. The van der Waals surface area contributed by atoms with Crippen molar-refractivity contribution in [3.63, 3.8) is 0 Å². The predicted molar refractivity (Wildman–Crippen MR) is 111 cm³/mol. The lowest BCUT2D eigenvalue weighted by Crippen LogP contribution is -2.43. The number of rotatable bonds is 5. The van der Waals surface area contributed by atoms with Gasteiger partial charge in [0.1, 0.15) is 6.54 Å². The fourth-order valence-electron chi connectivity index (χ4n) is 2.98. The molecule has 0 bridgehead atoms. The van der Waals surface area contributed by atoms with Crippen LogP contribution in [0.15, 0.2) is 53.4 Å². The Hall–Kier alpha value is -2.38. The molecule has 1 aliphatic rings. The van der Waals surface area contributed by atoms with Gasteiger partial charge in [0.15, 0.2) is 0 Å². The summed E-state index contributed by atoms with van der Waals surface area (Å²) in [6.07, 6.45) is 0. The molecule has 5 nitrogen and oxygen atoms in total. The number of anilines is 1. The minimum absolute atomic E-state index is 0.0342. The van der Waals surface area contributed by atoms with E-state index in [1.807, 2.05) is 42.5 Å². The smallest absolute Gasteiger partial charge is 0.240 e. The lowest BCUT2D eigenvalue weighted by Gasteiger charge is -2.28. The van der Waals surface area contributed by atoms with E-state index in [0.29, 0.717) is 12.3 Å². The lowest BCUT2D eigenvalue weighted by atomic mass is 10.2. The molecule has 1 N–H and O–H groups in total. The van der Waals surface area contributed by atoms with Crippen molar-refractivity contribution in [2.75, 3.05) is 23.7 Å². The van der Waals surface area contributed by atoms with Crippen molar-refractivity contribution in [2.45, 2.75) is 17.7 Å². The molecule has 138 valence electrons. The SMILES string of the molecule is CC(CNC(=O)CN1C(=O)CSc2ccccc21)c1nc2ccccc2s1. The van der Waals surface area contributed by atoms with Gasteiger partial charge < -0.3 is 10.2 Å². The van der Waals surface area contributed by atoms with E-state index in [9.17, 15) is 9.59 Å². The van der Waals surface area contributed by atoms with Crippen LogP contribution in [0.25, 0.3) is 10.2 Å². The molecule has 27 heavy (non-hydrogen) atoms. The van der Waals surface area contributed by atoms with Crippen molar-refractivity contribution >= 4 is 50.8 Å². The number of nitrogens with zero attached hydrogens (tertiary/aromatic N) is 2. The van der Waals surface area contributed by atoms with Gasteiger partial charge in [-0.15, -0.1) is 23.1 Å². The first-order valence-electron chi connectivity index (χ1n) is 8.76. The van der Waals surface area contributed by atoms with Crippen LogP contribution in [-0.4, -0.2) is 35.6 Å². The highest BCUT2D eigenvalue weighted by Gasteiger charge is 2.26. The molecule has 7 heteroatoms. The molecule has 1 unspecified atom stereocenters. The van der Waals surface area contributed by atoms with Crippen molar-refractivity contribution in [2.24, 2.45) is 0 Å². The fraction of sp³-hybridized carbons (Fsp3) is 0.250. The Kier molecular flexibility index (Phi) is 5.13. The summed E-state index contributed by atoms with van der Waals surface area (Å²) in [6.45, 7) is 2.59. The first-order chi connectivity index (χ1) is 13.1. The average molecular weight is 398 g/mol. The van der Waals surface area contributed by atoms with Gasteiger partial charge in [0.05, 0.1) is 26.7 Å². The molecule has 3 aromatic rings. The monoisotopic (exact) mass is 397 g/mol. The van der Waals surface area contributed by atoms with E-state index in [1.54, 1.807) is 16.2 Å². The molecule has 0 saturated heterocycles. The zero-order chi connectivity index (χ0) is 18.8. The predicted octanol–water partition coefficient (Wildman–Crippen LogP) is 3.65. The summed E-state index contributed by atoms with van der Waals surface area (Å²) in [5, 5.41) is 3.96. The first-order valence-corrected chi connectivity index (χ1v) is 10.6. The van der Waals surface area contributed by atoms with Gasteiger partial charge in [0.2, 0.25) is 11.8 Å². The summed E-state index contributed by atoms with van der Waals surface area (Å²) in [4.78, 5) is 32.0. The third kappa shape index (κ3) is 3.84. The van der Waals surface area contributed by atoms with E-state index >= 15 is 0 Å². The highest BCUT2D eigenvalue weighted by Crippen LogP contribution is 2.34. The van der Waals surface area contributed by atoms with Crippen molar-refractivity contribution in [1.82, 2.24) is 10.3 Å². The molecule has 1 aliphatic heterocycles. The number of nitrogens with one attached hydrogen (secondary N) is 1. The quantitative estimate of drug-likeness (QED) is 0.714. The molecule has 0 saturated carbocycles. The average Bonchev–Trinajstić information content (AvgIpc) is 3.13. The number of fused-ring (bicyclic) bond motifs is 2. The van der Waals surface area contributed by atoms with E-state index in [-0.39, 0.29) is 24.3 Å². The third-order valence-corrected chi connectivity index (χ3v) is 6.76. The van der Waals surface area contributed by atoms with E-state index in [2.05, 4.69) is 23.3 Å². The molecule has 1 aromatic heterocycles. The van der Waals surface area contributed by atoms with Gasteiger partial charge >= 0.3 is 0 Å². The van der Waals surface area contributed by atoms with Crippen LogP contribution in [0.4, 0.5) is 5.69 Å². The fourth-order valence-corrected chi connectivity index (χ4v) is 4.94. The number of thiazole rings is 1. The number of benzene rings is 2.